The maximum atomic E-state index is 12.8. The Bertz CT molecular complexity index is 964. The van der Waals surface area contributed by atoms with Gasteiger partial charge in [-0.25, -0.2) is 4.98 Å². The van der Waals surface area contributed by atoms with Crippen LogP contribution in [0.5, 0.6) is 11.5 Å². The zero-order chi connectivity index (χ0) is 21.5. The lowest BCUT2D eigenvalue weighted by Crippen LogP contribution is -2.49. The minimum Gasteiger partial charge on any atom is -0.492 e. The maximum absolute atomic E-state index is 12.8. The third-order valence-corrected chi connectivity index (χ3v) is 5.47. The summed E-state index contributed by atoms with van der Waals surface area (Å²) < 4.78 is 13.5. The number of amides is 1. The molecule has 0 bridgehead atoms. The van der Waals surface area contributed by atoms with Crippen molar-refractivity contribution in [2.75, 3.05) is 39.3 Å². The number of rotatable bonds is 8. The quantitative estimate of drug-likeness (QED) is 0.561. The number of hydrogen-bond donors (Lipinski definition) is 0. The number of nitrogens with zero attached hydrogens (tertiary/aromatic N) is 4. The minimum atomic E-state index is 0.0656. The molecule has 31 heavy (non-hydrogen) atoms. The fourth-order valence-electron chi connectivity index (χ4n) is 3.54. The highest BCUT2D eigenvalue weighted by Gasteiger charge is 2.22. The van der Waals surface area contributed by atoms with Crippen molar-refractivity contribution >= 4 is 5.91 Å². The molecule has 0 atom stereocenters. The Hall–Kier alpha value is -3.32. The van der Waals surface area contributed by atoms with Crippen LogP contribution in [0.25, 0.3) is 0 Å². The average Bonchev–Trinajstić information content (AvgIpc) is 3.23. The first-order valence-electron chi connectivity index (χ1n) is 10.6. The summed E-state index contributed by atoms with van der Waals surface area (Å²) in [7, 11) is 1.93. The Morgan fingerprint density at radius 3 is 2.32 bits per heavy atom. The number of hydrogen-bond acceptors (Lipinski definition) is 5. The summed E-state index contributed by atoms with van der Waals surface area (Å²) in [4.78, 5) is 21.3. The Morgan fingerprint density at radius 2 is 1.65 bits per heavy atom. The molecule has 0 spiro atoms. The number of ether oxygens (including phenoxy) is 2. The third-order valence-electron chi connectivity index (χ3n) is 5.47. The van der Waals surface area contributed by atoms with Crippen molar-refractivity contribution in [1.29, 1.82) is 0 Å². The lowest BCUT2D eigenvalue weighted by atomic mass is 10.1. The molecule has 7 heteroatoms. The first kappa shape index (κ1) is 20.9. The van der Waals surface area contributed by atoms with Gasteiger partial charge in [0.2, 0.25) is 0 Å². The molecule has 0 saturated carbocycles. The van der Waals surface area contributed by atoms with Crippen molar-refractivity contribution in [2.45, 2.75) is 6.61 Å². The smallest absolute Gasteiger partial charge is 0.253 e. The van der Waals surface area contributed by atoms with Crippen molar-refractivity contribution < 1.29 is 14.3 Å². The highest BCUT2D eigenvalue weighted by Crippen LogP contribution is 2.16. The van der Waals surface area contributed by atoms with E-state index in [2.05, 4.69) is 9.88 Å². The van der Waals surface area contributed by atoms with Crippen molar-refractivity contribution in [3.8, 4) is 11.5 Å². The van der Waals surface area contributed by atoms with Gasteiger partial charge in [-0.05, 0) is 36.4 Å². The Balaban J connectivity index is 1.20. The second-order valence-corrected chi connectivity index (χ2v) is 7.56. The molecule has 1 aromatic heterocycles. The summed E-state index contributed by atoms with van der Waals surface area (Å²) in [5, 5.41) is 0. The van der Waals surface area contributed by atoms with E-state index in [1.165, 1.54) is 0 Å². The lowest BCUT2D eigenvalue weighted by molar-refractivity contribution is 0.0620. The molecule has 2 heterocycles. The van der Waals surface area contributed by atoms with E-state index in [0.29, 0.717) is 18.8 Å². The predicted octanol–water partition coefficient (Wildman–Crippen LogP) is 2.84. The lowest BCUT2D eigenvalue weighted by Gasteiger charge is -2.34. The molecule has 1 amide bonds. The molecule has 0 aliphatic carbocycles. The van der Waals surface area contributed by atoms with Crippen LogP contribution >= 0.6 is 0 Å². The molecule has 0 unspecified atom stereocenters. The van der Waals surface area contributed by atoms with Gasteiger partial charge in [0.05, 0.1) is 0 Å². The number of benzene rings is 2. The molecule has 2 aromatic carbocycles. The Labute approximate surface area is 182 Å². The van der Waals surface area contributed by atoms with Gasteiger partial charge in [0.1, 0.15) is 30.5 Å². The second-order valence-electron chi connectivity index (χ2n) is 7.56. The van der Waals surface area contributed by atoms with E-state index < -0.39 is 0 Å². The molecular formula is C24H28N4O3. The first-order chi connectivity index (χ1) is 15.2. The predicted molar refractivity (Wildman–Crippen MR) is 118 cm³/mol. The third kappa shape index (κ3) is 5.64. The number of carbonyl (C=O) groups is 1. The van der Waals surface area contributed by atoms with E-state index in [1.807, 2.05) is 77.3 Å². The van der Waals surface area contributed by atoms with E-state index in [1.54, 1.807) is 6.20 Å². The molecule has 1 fully saturated rings. The van der Waals surface area contributed by atoms with Crippen molar-refractivity contribution in [3.63, 3.8) is 0 Å². The Kier molecular flexibility index (Phi) is 6.84. The zero-order valence-electron chi connectivity index (χ0n) is 17.8. The summed E-state index contributed by atoms with van der Waals surface area (Å²) >= 11 is 0. The van der Waals surface area contributed by atoms with E-state index in [9.17, 15) is 4.79 Å². The zero-order valence-corrected chi connectivity index (χ0v) is 17.8. The number of aromatic nitrogens is 2. The van der Waals surface area contributed by atoms with Crippen LogP contribution in [0.1, 0.15) is 16.2 Å². The molecule has 0 radical (unpaired) electrons. The summed E-state index contributed by atoms with van der Waals surface area (Å²) in [6, 6.07) is 17.2. The van der Waals surface area contributed by atoms with Crippen LogP contribution in [0.15, 0.2) is 67.0 Å². The van der Waals surface area contributed by atoms with Gasteiger partial charge in [0.15, 0.2) is 0 Å². The second kappa shape index (κ2) is 10.1. The minimum absolute atomic E-state index is 0.0656. The van der Waals surface area contributed by atoms with Crippen LogP contribution in [0.2, 0.25) is 0 Å². The standard InChI is InChI=1S/C24H28N4O3/c1-26-12-11-25-23(26)19-31-22-9-7-20(8-10-22)24(29)28-15-13-27(14-16-28)17-18-30-21-5-3-2-4-6-21/h2-12H,13-19H2,1H3. The number of aryl methyl sites for hydroxylation is 1. The monoisotopic (exact) mass is 420 g/mol. The molecule has 4 rings (SSSR count). The highest BCUT2D eigenvalue weighted by molar-refractivity contribution is 5.94. The average molecular weight is 421 g/mol. The fraction of sp³-hybridized carbons (Fsp3) is 0.333. The molecule has 1 aliphatic heterocycles. The number of para-hydroxylation sites is 1. The van der Waals surface area contributed by atoms with Gasteiger partial charge >= 0.3 is 0 Å². The molecular weight excluding hydrogens is 392 g/mol. The van der Waals surface area contributed by atoms with E-state index in [4.69, 9.17) is 9.47 Å². The summed E-state index contributed by atoms with van der Waals surface area (Å²) in [6.07, 6.45) is 3.63. The topological polar surface area (TPSA) is 59.8 Å². The van der Waals surface area contributed by atoms with Crippen LogP contribution in [0.3, 0.4) is 0 Å². The van der Waals surface area contributed by atoms with E-state index in [0.717, 1.165) is 50.0 Å². The van der Waals surface area contributed by atoms with Crippen molar-refractivity contribution in [1.82, 2.24) is 19.4 Å². The summed E-state index contributed by atoms with van der Waals surface area (Å²) in [5.74, 6) is 2.54. The molecule has 162 valence electrons. The van der Waals surface area contributed by atoms with E-state index in [-0.39, 0.29) is 5.91 Å². The summed E-state index contributed by atoms with van der Waals surface area (Å²) in [6.45, 7) is 5.07. The summed E-state index contributed by atoms with van der Waals surface area (Å²) in [5.41, 5.74) is 0.685. The van der Waals surface area contributed by atoms with Gasteiger partial charge in [0, 0.05) is 57.7 Å². The molecule has 7 nitrogen and oxygen atoms in total. The van der Waals surface area contributed by atoms with Gasteiger partial charge in [-0.1, -0.05) is 18.2 Å². The van der Waals surface area contributed by atoms with Gasteiger partial charge in [-0.3, -0.25) is 9.69 Å². The number of imidazole rings is 1. The molecule has 3 aromatic rings. The van der Waals surface area contributed by atoms with Crippen LogP contribution < -0.4 is 9.47 Å². The van der Waals surface area contributed by atoms with Crippen LogP contribution in [0.4, 0.5) is 0 Å². The Morgan fingerprint density at radius 1 is 0.935 bits per heavy atom. The van der Waals surface area contributed by atoms with Gasteiger partial charge in [-0.2, -0.15) is 0 Å². The molecule has 1 saturated heterocycles. The number of carbonyl (C=O) groups excluding carboxylic acids is 1. The van der Waals surface area contributed by atoms with Crippen molar-refractivity contribution in [3.05, 3.63) is 78.4 Å². The van der Waals surface area contributed by atoms with Crippen LogP contribution in [-0.2, 0) is 13.7 Å². The highest BCUT2D eigenvalue weighted by atomic mass is 16.5. The molecule has 0 N–H and O–H groups in total. The molecule has 1 aliphatic rings. The van der Waals surface area contributed by atoms with E-state index >= 15 is 0 Å². The maximum Gasteiger partial charge on any atom is 0.253 e. The largest absolute Gasteiger partial charge is 0.492 e. The number of piperazine rings is 1. The van der Waals surface area contributed by atoms with Crippen LogP contribution in [0, 0.1) is 0 Å². The SMILES string of the molecule is Cn1ccnc1COc1ccc(C(=O)N2CCN(CCOc3ccccc3)CC2)cc1. The normalized spacial score (nSPS) is 14.4. The van der Waals surface area contributed by atoms with Gasteiger partial charge < -0.3 is 18.9 Å². The first-order valence-corrected chi connectivity index (χ1v) is 10.6. The fourth-order valence-corrected chi connectivity index (χ4v) is 3.54. The van der Waals surface area contributed by atoms with Crippen molar-refractivity contribution in [2.24, 2.45) is 7.05 Å². The van der Waals surface area contributed by atoms with Gasteiger partial charge in [0.25, 0.3) is 5.91 Å². The van der Waals surface area contributed by atoms with Gasteiger partial charge in [-0.15, -0.1) is 0 Å². The van der Waals surface area contributed by atoms with Crippen LogP contribution in [-0.4, -0.2) is 64.6 Å².